The van der Waals surface area contributed by atoms with E-state index in [-0.39, 0.29) is 11.3 Å². The van der Waals surface area contributed by atoms with Crippen molar-refractivity contribution in [1.29, 1.82) is 0 Å². The van der Waals surface area contributed by atoms with E-state index in [4.69, 9.17) is 4.74 Å². The van der Waals surface area contributed by atoms with Gasteiger partial charge in [-0.3, -0.25) is 4.79 Å². The zero-order valence-electron chi connectivity index (χ0n) is 17.2. The molecule has 1 amide bonds. The van der Waals surface area contributed by atoms with Crippen LogP contribution in [0.5, 0.6) is 5.75 Å². The Balaban J connectivity index is 1.84. The number of amides is 1. The lowest BCUT2D eigenvalue weighted by atomic mass is 9.87. The van der Waals surface area contributed by atoms with Crippen molar-refractivity contribution in [1.82, 2.24) is 5.32 Å². The van der Waals surface area contributed by atoms with E-state index in [0.717, 1.165) is 18.0 Å². The molecule has 0 bridgehead atoms. The van der Waals surface area contributed by atoms with E-state index in [1.54, 1.807) is 0 Å². The zero-order chi connectivity index (χ0) is 19.9. The van der Waals surface area contributed by atoms with Crippen molar-refractivity contribution in [3.05, 3.63) is 60.2 Å². The van der Waals surface area contributed by atoms with Crippen LogP contribution in [0.25, 0.3) is 0 Å². The molecule has 0 aliphatic rings. The highest BCUT2D eigenvalue weighted by molar-refractivity contribution is 5.81. The summed E-state index contributed by atoms with van der Waals surface area (Å²) in [5.41, 5.74) is 2.48. The second-order valence-corrected chi connectivity index (χ2v) is 7.84. The molecule has 0 fully saturated rings. The van der Waals surface area contributed by atoms with Gasteiger partial charge in [-0.1, -0.05) is 58.0 Å². The number of hydrogen-bond acceptors (Lipinski definition) is 3. The summed E-state index contributed by atoms with van der Waals surface area (Å²) in [6.45, 7) is 9.82. The molecule has 0 aliphatic heterocycles. The highest BCUT2D eigenvalue weighted by Gasteiger charge is 2.19. The average molecular weight is 369 g/mol. The number of anilines is 1. The minimum Gasteiger partial charge on any atom is -0.481 e. The summed E-state index contributed by atoms with van der Waals surface area (Å²) < 4.78 is 5.91. The first-order chi connectivity index (χ1) is 12.8. The van der Waals surface area contributed by atoms with Gasteiger partial charge in [-0.25, -0.2) is 0 Å². The Morgan fingerprint density at radius 1 is 1.07 bits per heavy atom. The quantitative estimate of drug-likeness (QED) is 0.751. The second kappa shape index (κ2) is 9.45. The fourth-order valence-electron chi connectivity index (χ4n) is 2.79. The predicted molar refractivity (Wildman–Crippen MR) is 113 cm³/mol. The molecule has 0 unspecified atom stereocenters. The van der Waals surface area contributed by atoms with E-state index in [1.807, 2.05) is 44.3 Å². The highest BCUT2D eigenvalue weighted by Crippen LogP contribution is 2.24. The minimum absolute atomic E-state index is 0.0705. The van der Waals surface area contributed by atoms with Gasteiger partial charge in [0.25, 0.3) is 5.91 Å². The molecule has 146 valence electrons. The number of ether oxygens (including phenoxy) is 1. The van der Waals surface area contributed by atoms with Crippen LogP contribution in [-0.2, 0) is 10.2 Å². The summed E-state index contributed by atoms with van der Waals surface area (Å²) in [6, 6.07) is 18.1. The molecule has 1 N–H and O–H groups in total. The third kappa shape index (κ3) is 6.31. The number of rotatable bonds is 8. The Morgan fingerprint density at radius 3 is 2.26 bits per heavy atom. The van der Waals surface area contributed by atoms with Gasteiger partial charge in [-0.2, -0.15) is 0 Å². The molecular formula is C23H32N2O2. The van der Waals surface area contributed by atoms with Gasteiger partial charge in [0.15, 0.2) is 6.10 Å². The first-order valence-corrected chi connectivity index (χ1v) is 9.62. The number of nitrogens with one attached hydrogen (secondary N) is 1. The van der Waals surface area contributed by atoms with Gasteiger partial charge >= 0.3 is 0 Å². The van der Waals surface area contributed by atoms with Crippen molar-refractivity contribution < 1.29 is 9.53 Å². The molecule has 4 nitrogen and oxygen atoms in total. The van der Waals surface area contributed by atoms with E-state index in [2.05, 4.69) is 55.3 Å². The van der Waals surface area contributed by atoms with Gasteiger partial charge in [-0.05, 0) is 41.7 Å². The van der Waals surface area contributed by atoms with Crippen molar-refractivity contribution in [2.45, 2.75) is 45.6 Å². The first kappa shape index (κ1) is 20.8. The van der Waals surface area contributed by atoms with Gasteiger partial charge in [0.2, 0.25) is 0 Å². The van der Waals surface area contributed by atoms with Crippen LogP contribution in [0, 0.1) is 0 Å². The molecule has 2 aromatic carbocycles. The van der Waals surface area contributed by atoms with Crippen molar-refractivity contribution in [2.24, 2.45) is 0 Å². The molecule has 27 heavy (non-hydrogen) atoms. The summed E-state index contributed by atoms with van der Waals surface area (Å²) >= 11 is 0. The van der Waals surface area contributed by atoms with Crippen molar-refractivity contribution in [3.63, 3.8) is 0 Å². The van der Waals surface area contributed by atoms with Crippen LogP contribution >= 0.6 is 0 Å². The van der Waals surface area contributed by atoms with Crippen molar-refractivity contribution >= 4 is 11.6 Å². The van der Waals surface area contributed by atoms with Gasteiger partial charge in [0.05, 0.1) is 0 Å². The van der Waals surface area contributed by atoms with E-state index in [9.17, 15) is 4.79 Å². The smallest absolute Gasteiger partial charge is 0.261 e. The number of hydrogen-bond donors (Lipinski definition) is 1. The van der Waals surface area contributed by atoms with Crippen LogP contribution < -0.4 is 15.0 Å². The third-order valence-corrected chi connectivity index (χ3v) is 4.61. The predicted octanol–water partition coefficient (Wildman–Crippen LogP) is 4.39. The van der Waals surface area contributed by atoms with Gasteiger partial charge in [0.1, 0.15) is 5.75 Å². The van der Waals surface area contributed by atoms with Crippen LogP contribution in [-0.4, -0.2) is 32.1 Å². The Morgan fingerprint density at radius 2 is 1.70 bits per heavy atom. The van der Waals surface area contributed by atoms with Crippen LogP contribution in [0.4, 0.5) is 5.69 Å². The maximum absolute atomic E-state index is 12.5. The first-order valence-electron chi connectivity index (χ1n) is 9.62. The maximum atomic E-state index is 12.5. The van der Waals surface area contributed by atoms with Gasteiger partial charge < -0.3 is 15.0 Å². The van der Waals surface area contributed by atoms with Gasteiger partial charge in [0, 0.05) is 25.8 Å². The number of nitrogens with zero attached hydrogens (tertiary/aromatic N) is 1. The Hall–Kier alpha value is -2.49. The highest BCUT2D eigenvalue weighted by atomic mass is 16.5. The van der Waals surface area contributed by atoms with Gasteiger partial charge in [-0.15, -0.1) is 0 Å². The summed E-state index contributed by atoms with van der Waals surface area (Å²) in [5.74, 6) is 0.658. The second-order valence-electron chi connectivity index (χ2n) is 7.84. The molecule has 0 saturated heterocycles. The number of para-hydroxylation sites is 1. The minimum atomic E-state index is -0.479. The molecule has 2 rings (SSSR count). The number of carbonyl (C=O) groups is 1. The topological polar surface area (TPSA) is 41.6 Å². The SMILES string of the molecule is CC[C@@H](Oc1ccc(C(C)(C)C)cc1)C(=O)NCCN(C)c1ccccc1. The van der Waals surface area contributed by atoms with Crippen LogP contribution in [0.3, 0.4) is 0 Å². The van der Waals surface area contributed by atoms with E-state index in [0.29, 0.717) is 13.0 Å². The third-order valence-electron chi connectivity index (χ3n) is 4.61. The summed E-state index contributed by atoms with van der Waals surface area (Å²) in [5, 5.41) is 2.98. The number of benzene rings is 2. The molecular weight excluding hydrogens is 336 g/mol. The number of carbonyl (C=O) groups excluding carboxylic acids is 1. The zero-order valence-corrected chi connectivity index (χ0v) is 17.2. The fraction of sp³-hybridized carbons (Fsp3) is 0.435. The Labute approximate surface area is 163 Å². The largest absolute Gasteiger partial charge is 0.481 e. The number of likely N-dealkylation sites (N-methyl/N-ethyl adjacent to an activating group) is 1. The molecule has 0 saturated carbocycles. The van der Waals surface area contributed by atoms with Crippen LogP contribution in [0.2, 0.25) is 0 Å². The molecule has 0 aliphatic carbocycles. The van der Waals surface area contributed by atoms with Crippen LogP contribution in [0.1, 0.15) is 39.7 Å². The standard InChI is InChI=1S/C23H32N2O2/c1-6-21(27-20-14-12-18(13-15-20)23(2,3)4)22(26)24-16-17-25(5)19-10-8-7-9-11-19/h7-15,21H,6,16-17H2,1-5H3,(H,24,26)/t21-/m1/s1. The molecule has 0 aromatic heterocycles. The fourth-order valence-corrected chi connectivity index (χ4v) is 2.79. The van der Waals surface area contributed by atoms with Crippen molar-refractivity contribution in [3.8, 4) is 5.75 Å². The van der Waals surface area contributed by atoms with E-state index >= 15 is 0 Å². The Bertz CT molecular complexity index is 705. The lowest BCUT2D eigenvalue weighted by molar-refractivity contribution is -0.128. The monoisotopic (exact) mass is 368 g/mol. The molecule has 1 atom stereocenters. The van der Waals surface area contributed by atoms with Crippen LogP contribution in [0.15, 0.2) is 54.6 Å². The van der Waals surface area contributed by atoms with Crippen molar-refractivity contribution in [2.75, 3.05) is 25.0 Å². The molecule has 0 heterocycles. The summed E-state index contributed by atoms with van der Waals surface area (Å²) in [6.07, 6.45) is 0.147. The molecule has 4 heteroatoms. The molecule has 0 radical (unpaired) electrons. The summed E-state index contributed by atoms with van der Waals surface area (Å²) in [4.78, 5) is 14.6. The van der Waals surface area contributed by atoms with E-state index in [1.165, 1.54) is 5.56 Å². The normalized spacial score (nSPS) is 12.3. The lowest BCUT2D eigenvalue weighted by Crippen LogP contribution is -2.41. The molecule has 0 spiro atoms. The van der Waals surface area contributed by atoms with E-state index < -0.39 is 6.10 Å². The average Bonchev–Trinajstić information content (AvgIpc) is 2.66. The maximum Gasteiger partial charge on any atom is 0.261 e. The lowest BCUT2D eigenvalue weighted by Gasteiger charge is -2.22. The summed E-state index contributed by atoms with van der Waals surface area (Å²) in [7, 11) is 2.02. The Kier molecular flexibility index (Phi) is 7.28. The molecule has 2 aromatic rings.